The minimum atomic E-state index is -0.0546. The van der Waals surface area contributed by atoms with E-state index in [9.17, 15) is 0 Å². The predicted octanol–water partition coefficient (Wildman–Crippen LogP) is 1.71. The second-order valence-electron chi connectivity index (χ2n) is 4.14. The van der Waals surface area contributed by atoms with Gasteiger partial charge in [0, 0.05) is 12.7 Å². The molecule has 2 aromatic heterocycles. The van der Waals surface area contributed by atoms with Crippen molar-refractivity contribution < 1.29 is 14.0 Å². The fraction of sp³-hybridized carbons (Fsp3) is 0.545. The Morgan fingerprint density at radius 3 is 3.11 bits per heavy atom. The highest BCUT2D eigenvalue weighted by molar-refractivity contribution is 5.47. The van der Waals surface area contributed by atoms with E-state index in [1.807, 2.05) is 0 Å². The van der Waals surface area contributed by atoms with Gasteiger partial charge in [-0.05, 0) is 19.3 Å². The van der Waals surface area contributed by atoms with E-state index >= 15 is 0 Å². The third-order valence-corrected chi connectivity index (χ3v) is 2.90. The van der Waals surface area contributed by atoms with Crippen molar-refractivity contribution in [1.29, 1.82) is 0 Å². The Hall–Kier alpha value is -1.89. The van der Waals surface area contributed by atoms with Crippen LogP contribution in [0.15, 0.2) is 10.6 Å². The van der Waals surface area contributed by atoms with Gasteiger partial charge in [0.2, 0.25) is 11.7 Å². The Balaban J connectivity index is 1.79. The Bertz CT molecular complexity index is 516. The predicted molar refractivity (Wildman–Crippen MR) is 61.0 cm³/mol. The molecule has 1 unspecified atom stereocenters. The summed E-state index contributed by atoms with van der Waals surface area (Å²) in [5.74, 6) is 1.48. The van der Waals surface area contributed by atoms with Crippen LogP contribution in [0.4, 0.5) is 0 Å². The van der Waals surface area contributed by atoms with Crippen LogP contribution in [0.2, 0.25) is 0 Å². The average Bonchev–Trinajstić information content (AvgIpc) is 3.08. The van der Waals surface area contributed by atoms with E-state index < -0.39 is 0 Å². The molecule has 0 aliphatic carbocycles. The third-order valence-electron chi connectivity index (χ3n) is 2.90. The molecule has 0 radical (unpaired) electrons. The zero-order valence-electron chi connectivity index (χ0n) is 10.0. The lowest BCUT2D eigenvalue weighted by Gasteiger charge is -2.18. The van der Waals surface area contributed by atoms with Gasteiger partial charge in [0.25, 0.3) is 5.89 Å². The minimum Gasteiger partial charge on any atom is -0.480 e. The van der Waals surface area contributed by atoms with Gasteiger partial charge in [-0.15, -0.1) is 5.10 Å². The van der Waals surface area contributed by atoms with Crippen LogP contribution in [0.5, 0.6) is 5.88 Å². The first-order chi connectivity index (χ1) is 8.86. The van der Waals surface area contributed by atoms with E-state index in [1.54, 1.807) is 13.2 Å². The van der Waals surface area contributed by atoms with Crippen molar-refractivity contribution in [2.75, 3.05) is 13.7 Å². The lowest BCUT2D eigenvalue weighted by Crippen LogP contribution is -2.12. The van der Waals surface area contributed by atoms with Gasteiger partial charge in [-0.2, -0.15) is 4.98 Å². The number of aromatic nitrogens is 4. The zero-order chi connectivity index (χ0) is 12.4. The maximum Gasteiger partial charge on any atom is 0.276 e. The maximum absolute atomic E-state index is 5.60. The lowest BCUT2D eigenvalue weighted by molar-refractivity contribution is 0.00822. The van der Waals surface area contributed by atoms with Crippen LogP contribution in [0.3, 0.4) is 0 Å². The van der Waals surface area contributed by atoms with Crippen molar-refractivity contribution >= 4 is 0 Å². The van der Waals surface area contributed by atoms with Gasteiger partial charge in [0.05, 0.1) is 7.11 Å². The number of H-pyrrole nitrogens is 1. The molecule has 7 heteroatoms. The Morgan fingerprint density at radius 1 is 1.44 bits per heavy atom. The Labute approximate surface area is 103 Å². The molecule has 3 rings (SSSR count). The largest absolute Gasteiger partial charge is 0.480 e. The van der Waals surface area contributed by atoms with Crippen LogP contribution in [-0.2, 0) is 4.74 Å². The first kappa shape index (κ1) is 11.2. The molecule has 1 N–H and O–H groups in total. The summed E-state index contributed by atoms with van der Waals surface area (Å²) in [5, 5.41) is 10.7. The monoisotopic (exact) mass is 250 g/mol. The summed E-state index contributed by atoms with van der Waals surface area (Å²) in [5.41, 5.74) is 0.640. The SMILES string of the molecule is COc1cc(-c2nc(C3CCCCO3)no2)[nH]n1. The smallest absolute Gasteiger partial charge is 0.276 e. The number of ether oxygens (including phenoxy) is 2. The summed E-state index contributed by atoms with van der Waals surface area (Å²) in [6.07, 6.45) is 3.11. The summed E-state index contributed by atoms with van der Waals surface area (Å²) in [6, 6.07) is 1.71. The first-order valence-electron chi connectivity index (χ1n) is 5.92. The van der Waals surface area contributed by atoms with Gasteiger partial charge in [0.15, 0.2) is 0 Å². The minimum absolute atomic E-state index is 0.0546. The average molecular weight is 250 g/mol. The summed E-state index contributed by atoms with van der Waals surface area (Å²) in [7, 11) is 1.55. The molecule has 96 valence electrons. The lowest BCUT2D eigenvalue weighted by atomic mass is 10.1. The van der Waals surface area contributed by atoms with E-state index in [-0.39, 0.29) is 6.10 Å². The van der Waals surface area contributed by atoms with Crippen LogP contribution in [0.25, 0.3) is 11.6 Å². The van der Waals surface area contributed by atoms with Gasteiger partial charge in [-0.25, -0.2) is 0 Å². The molecular weight excluding hydrogens is 236 g/mol. The van der Waals surface area contributed by atoms with Crippen LogP contribution >= 0.6 is 0 Å². The molecule has 0 bridgehead atoms. The van der Waals surface area contributed by atoms with Gasteiger partial charge >= 0.3 is 0 Å². The molecule has 3 heterocycles. The molecule has 1 fully saturated rings. The Morgan fingerprint density at radius 2 is 2.39 bits per heavy atom. The number of nitrogens with zero attached hydrogens (tertiary/aromatic N) is 3. The van der Waals surface area contributed by atoms with Crippen molar-refractivity contribution in [2.24, 2.45) is 0 Å². The third kappa shape index (κ3) is 2.08. The Kier molecular flexibility index (Phi) is 2.97. The van der Waals surface area contributed by atoms with Gasteiger partial charge in [0.1, 0.15) is 11.8 Å². The standard InChI is InChI=1S/C11H14N4O3/c1-16-9-6-7(13-14-9)11-12-10(15-18-11)8-4-2-3-5-17-8/h6,8H,2-5H2,1H3,(H,13,14). The van der Waals surface area contributed by atoms with Crippen LogP contribution < -0.4 is 4.74 Å². The van der Waals surface area contributed by atoms with Crippen LogP contribution in [0.1, 0.15) is 31.2 Å². The fourth-order valence-electron chi connectivity index (χ4n) is 1.94. The maximum atomic E-state index is 5.60. The zero-order valence-corrected chi connectivity index (χ0v) is 10.0. The molecule has 1 aliphatic rings. The van der Waals surface area contributed by atoms with E-state index in [0.717, 1.165) is 25.9 Å². The molecule has 0 aromatic carbocycles. The van der Waals surface area contributed by atoms with Gasteiger partial charge in [-0.3, -0.25) is 5.10 Å². The number of methoxy groups -OCH3 is 1. The van der Waals surface area contributed by atoms with E-state index in [2.05, 4.69) is 20.3 Å². The second-order valence-corrected chi connectivity index (χ2v) is 4.14. The summed E-state index contributed by atoms with van der Waals surface area (Å²) < 4.78 is 15.8. The summed E-state index contributed by atoms with van der Waals surface area (Å²) in [4.78, 5) is 4.32. The molecule has 1 saturated heterocycles. The molecule has 18 heavy (non-hydrogen) atoms. The highest BCUT2D eigenvalue weighted by Gasteiger charge is 2.22. The van der Waals surface area contributed by atoms with Crippen molar-refractivity contribution in [2.45, 2.75) is 25.4 Å². The first-order valence-corrected chi connectivity index (χ1v) is 5.92. The molecule has 0 spiro atoms. The normalized spacial score (nSPS) is 19.9. The van der Waals surface area contributed by atoms with Crippen molar-refractivity contribution in [1.82, 2.24) is 20.3 Å². The highest BCUT2D eigenvalue weighted by atomic mass is 16.5. The molecule has 2 aromatic rings. The number of nitrogens with one attached hydrogen (secondary N) is 1. The number of rotatable bonds is 3. The molecule has 7 nitrogen and oxygen atoms in total. The summed E-state index contributed by atoms with van der Waals surface area (Å²) >= 11 is 0. The molecular formula is C11H14N4O3. The van der Waals surface area contributed by atoms with Gasteiger partial charge in [-0.1, -0.05) is 5.16 Å². The molecule has 0 saturated carbocycles. The quantitative estimate of drug-likeness (QED) is 0.892. The van der Waals surface area contributed by atoms with Crippen LogP contribution in [-0.4, -0.2) is 34.1 Å². The van der Waals surface area contributed by atoms with E-state index in [0.29, 0.717) is 23.3 Å². The van der Waals surface area contributed by atoms with Crippen molar-refractivity contribution in [3.63, 3.8) is 0 Å². The highest BCUT2D eigenvalue weighted by Crippen LogP contribution is 2.27. The molecule has 1 aliphatic heterocycles. The molecule has 1 atom stereocenters. The topological polar surface area (TPSA) is 86.1 Å². The van der Waals surface area contributed by atoms with E-state index in [4.69, 9.17) is 14.0 Å². The summed E-state index contributed by atoms with van der Waals surface area (Å²) in [6.45, 7) is 0.756. The number of hydrogen-bond acceptors (Lipinski definition) is 6. The number of hydrogen-bond donors (Lipinski definition) is 1. The fourth-order valence-corrected chi connectivity index (χ4v) is 1.94. The molecule has 0 amide bonds. The van der Waals surface area contributed by atoms with Crippen LogP contribution in [0, 0.1) is 0 Å². The second kappa shape index (κ2) is 4.77. The van der Waals surface area contributed by atoms with Crippen molar-refractivity contribution in [3.8, 4) is 17.5 Å². The van der Waals surface area contributed by atoms with E-state index in [1.165, 1.54) is 0 Å². The number of aromatic amines is 1. The van der Waals surface area contributed by atoms with Crippen molar-refractivity contribution in [3.05, 3.63) is 11.9 Å². The van der Waals surface area contributed by atoms with Gasteiger partial charge < -0.3 is 14.0 Å².